The first-order chi connectivity index (χ1) is 10.9. The summed E-state index contributed by atoms with van der Waals surface area (Å²) in [6, 6.07) is 3.61. The summed E-state index contributed by atoms with van der Waals surface area (Å²) >= 11 is 0. The predicted molar refractivity (Wildman–Crippen MR) is 84.1 cm³/mol. The zero-order chi connectivity index (χ0) is 17.5. The van der Waals surface area contributed by atoms with Crippen molar-refractivity contribution in [3.63, 3.8) is 0 Å². The zero-order valence-electron chi connectivity index (χ0n) is 13.3. The van der Waals surface area contributed by atoms with Gasteiger partial charge in [0.05, 0.1) is 15.9 Å². The normalized spacial score (nSPS) is 11.4. The van der Waals surface area contributed by atoms with E-state index in [-0.39, 0.29) is 17.4 Å². The maximum atomic E-state index is 11.2. The Balaban J connectivity index is 3.25. The lowest BCUT2D eigenvalue weighted by Crippen LogP contribution is -2.48. The molecule has 1 aromatic carbocycles. The molecular weight excluding hydrogens is 324 g/mol. The molecule has 0 radical (unpaired) electrons. The molecular formula is C13H20N2O7Si. The molecule has 10 heteroatoms. The van der Waals surface area contributed by atoms with Crippen LogP contribution in [0.4, 0.5) is 11.4 Å². The number of non-ortho nitro benzene ring substituents is 1. The smallest absolute Gasteiger partial charge is 0.374 e. The van der Waals surface area contributed by atoms with Crippen LogP contribution in [0.25, 0.3) is 0 Å². The van der Waals surface area contributed by atoms with Crippen molar-refractivity contribution in [3.8, 4) is 0 Å². The molecule has 23 heavy (non-hydrogen) atoms. The minimum Gasteiger partial charge on any atom is -0.374 e. The second-order valence-electron chi connectivity index (χ2n) is 4.49. The lowest BCUT2D eigenvalue weighted by Gasteiger charge is -2.28. The minimum absolute atomic E-state index is 0.0802. The third-order valence-electron chi connectivity index (χ3n) is 2.98. The lowest BCUT2D eigenvalue weighted by molar-refractivity contribution is -0.394. The molecule has 128 valence electrons. The van der Waals surface area contributed by atoms with Crippen molar-refractivity contribution in [3.05, 3.63) is 44.0 Å². The molecule has 0 amide bonds. The summed E-state index contributed by atoms with van der Waals surface area (Å²) < 4.78 is 17.0. The average Bonchev–Trinajstić information content (AvgIpc) is 2.48. The summed E-state index contributed by atoms with van der Waals surface area (Å²) in [7, 11) is -3.13. The highest BCUT2D eigenvalue weighted by Crippen LogP contribution is 2.28. The highest BCUT2D eigenvalue weighted by molar-refractivity contribution is 6.60. The van der Waals surface area contributed by atoms with E-state index in [9.17, 15) is 20.2 Å². The van der Waals surface area contributed by atoms with Crippen LogP contribution in [0.2, 0.25) is 0 Å². The van der Waals surface area contributed by atoms with Gasteiger partial charge >= 0.3 is 8.80 Å². The van der Waals surface area contributed by atoms with Crippen LogP contribution in [0.1, 0.15) is 26.3 Å². The van der Waals surface area contributed by atoms with Crippen molar-refractivity contribution in [2.45, 2.75) is 26.8 Å². The average molecular weight is 344 g/mol. The van der Waals surface area contributed by atoms with Gasteiger partial charge in [-0.15, -0.1) is 0 Å². The molecule has 0 unspecified atom stereocenters. The Hall–Kier alpha value is -1.88. The Bertz CT molecular complexity index is 550. The van der Waals surface area contributed by atoms with Crippen LogP contribution in [0, 0.1) is 20.2 Å². The monoisotopic (exact) mass is 344 g/mol. The van der Waals surface area contributed by atoms with Gasteiger partial charge in [-0.05, 0) is 26.8 Å². The Morgan fingerprint density at radius 1 is 0.957 bits per heavy atom. The van der Waals surface area contributed by atoms with Gasteiger partial charge in [-0.3, -0.25) is 20.2 Å². The molecule has 0 fully saturated rings. The van der Waals surface area contributed by atoms with E-state index in [1.54, 1.807) is 20.8 Å². The van der Waals surface area contributed by atoms with E-state index in [1.165, 1.54) is 12.1 Å². The van der Waals surface area contributed by atoms with Gasteiger partial charge in [0, 0.05) is 37.5 Å². The second-order valence-corrected chi connectivity index (χ2v) is 7.07. The summed E-state index contributed by atoms with van der Waals surface area (Å²) in [4.78, 5) is 20.7. The fourth-order valence-corrected chi connectivity index (χ4v) is 4.80. The predicted octanol–water partition coefficient (Wildman–Crippen LogP) is 2.63. The second kappa shape index (κ2) is 8.67. The van der Waals surface area contributed by atoms with Crippen molar-refractivity contribution >= 4 is 20.2 Å². The Kier molecular flexibility index (Phi) is 7.23. The highest BCUT2D eigenvalue weighted by atomic mass is 28.4. The van der Waals surface area contributed by atoms with Crippen LogP contribution in [0.5, 0.6) is 0 Å². The van der Waals surface area contributed by atoms with Gasteiger partial charge in [0.15, 0.2) is 0 Å². The molecule has 0 saturated heterocycles. The molecule has 1 aromatic rings. The first kappa shape index (κ1) is 19.2. The minimum atomic E-state index is -3.13. The Morgan fingerprint density at radius 2 is 1.48 bits per heavy atom. The molecule has 9 nitrogen and oxygen atoms in total. The van der Waals surface area contributed by atoms with E-state index in [1.807, 2.05) is 0 Å². The van der Waals surface area contributed by atoms with Crippen LogP contribution in [0.15, 0.2) is 18.2 Å². The van der Waals surface area contributed by atoms with Crippen LogP contribution in [-0.4, -0.2) is 38.5 Å². The molecule has 0 aromatic heterocycles. The van der Waals surface area contributed by atoms with Crippen LogP contribution in [0.3, 0.4) is 0 Å². The highest BCUT2D eigenvalue weighted by Gasteiger charge is 2.42. The molecule has 0 N–H and O–H groups in total. The van der Waals surface area contributed by atoms with Crippen molar-refractivity contribution in [1.82, 2.24) is 0 Å². The van der Waals surface area contributed by atoms with Crippen LogP contribution < -0.4 is 0 Å². The number of benzene rings is 1. The third-order valence-corrected chi connectivity index (χ3v) is 5.98. The molecule has 0 spiro atoms. The summed E-state index contributed by atoms with van der Waals surface area (Å²) in [5.74, 6) is 0. The number of hydrogen-bond donors (Lipinski definition) is 0. The first-order valence-electron chi connectivity index (χ1n) is 7.22. The van der Waals surface area contributed by atoms with Gasteiger partial charge in [0.1, 0.15) is 0 Å². The molecule has 0 aliphatic carbocycles. The van der Waals surface area contributed by atoms with Crippen molar-refractivity contribution in [2.24, 2.45) is 0 Å². The summed E-state index contributed by atoms with van der Waals surface area (Å²) in [5.41, 5.74) is -0.380. The van der Waals surface area contributed by atoms with Crippen molar-refractivity contribution in [2.75, 3.05) is 19.8 Å². The van der Waals surface area contributed by atoms with Crippen molar-refractivity contribution in [1.29, 1.82) is 0 Å². The molecule has 0 heterocycles. The number of nitro groups is 2. The SMILES string of the molecule is CCO[Si](Cc1ccc([N+](=O)[O-])cc1[N+](=O)[O-])(OCC)OCC. The van der Waals surface area contributed by atoms with Gasteiger partial charge in [-0.1, -0.05) is 0 Å². The topological polar surface area (TPSA) is 114 Å². The van der Waals surface area contributed by atoms with E-state index in [0.29, 0.717) is 25.4 Å². The fourth-order valence-electron chi connectivity index (χ4n) is 2.16. The van der Waals surface area contributed by atoms with Gasteiger partial charge < -0.3 is 13.3 Å². The fraction of sp³-hybridized carbons (Fsp3) is 0.538. The van der Waals surface area contributed by atoms with E-state index in [2.05, 4.69) is 0 Å². The Labute approximate surface area is 134 Å². The quantitative estimate of drug-likeness (QED) is 0.364. The van der Waals surface area contributed by atoms with Crippen LogP contribution >= 0.6 is 0 Å². The van der Waals surface area contributed by atoms with Crippen LogP contribution in [-0.2, 0) is 19.3 Å². The van der Waals surface area contributed by atoms with Gasteiger partial charge in [0.25, 0.3) is 11.4 Å². The molecule has 0 bridgehead atoms. The molecule has 0 aliphatic rings. The number of hydrogen-bond acceptors (Lipinski definition) is 7. The Morgan fingerprint density at radius 3 is 1.87 bits per heavy atom. The molecule has 0 atom stereocenters. The lowest BCUT2D eigenvalue weighted by atomic mass is 10.2. The van der Waals surface area contributed by atoms with Gasteiger partial charge in [-0.25, -0.2) is 0 Å². The summed E-state index contributed by atoms with van der Waals surface area (Å²) in [6.45, 7) is 6.37. The number of nitro benzene ring substituents is 2. The summed E-state index contributed by atoms with van der Waals surface area (Å²) in [5, 5.41) is 22.0. The van der Waals surface area contributed by atoms with E-state index < -0.39 is 18.7 Å². The molecule has 0 aliphatic heterocycles. The van der Waals surface area contributed by atoms with E-state index >= 15 is 0 Å². The zero-order valence-corrected chi connectivity index (χ0v) is 14.3. The molecule has 1 rings (SSSR count). The van der Waals surface area contributed by atoms with Crippen molar-refractivity contribution < 1.29 is 23.1 Å². The summed E-state index contributed by atoms with van der Waals surface area (Å²) in [6.07, 6.45) is 0. The maximum Gasteiger partial charge on any atom is 0.505 e. The van der Waals surface area contributed by atoms with E-state index in [0.717, 1.165) is 6.07 Å². The van der Waals surface area contributed by atoms with Gasteiger partial charge in [-0.2, -0.15) is 0 Å². The molecule has 0 saturated carbocycles. The number of nitrogens with zero attached hydrogens (tertiary/aromatic N) is 2. The largest absolute Gasteiger partial charge is 0.505 e. The first-order valence-corrected chi connectivity index (χ1v) is 9.15. The third kappa shape index (κ3) is 5.06. The maximum absolute atomic E-state index is 11.2. The van der Waals surface area contributed by atoms with Gasteiger partial charge in [0.2, 0.25) is 0 Å². The standard InChI is InChI=1S/C13H20N2O7Si/c1-4-20-23(21-5-2,22-6-3)10-11-7-8-12(14(16)17)9-13(11)15(18)19/h7-9H,4-6,10H2,1-3H3. The van der Waals surface area contributed by atoms with E-state index in [4.69, 9.17) is 13.3 Å². The number of rotatable bonds is 10.